The number of nitrogens with zero attached hydrogens (tertiary/aromatic N) is 3. The maximum absolute atomic E-state index is 13.2. The zero-order valence-corrected chi connectivity index (χ0v) is 28.8. The van der Waals surface area contributed by atoms with E-state index in [2.05, 4.69) is 36.3 Å². The summed E-state index contributed by atoms with van der Waals surface area (Å²) in [6.07, 6.45) is 1.65. The highest BCUT2D eigenvalue weighted by atomic mass is 32.2. The van der Waals surface area contributed by atoms with Gasteiger partial charge in [0.05, 0.1) is 21.7 Å². The van der Waals surface area contributed by atoms with E-state index >= 15 is 0 Å². The van der Waals surface area contributed by atoms with Crippen LogP contribution in [0.4, 0.5) is 5.00 Å². The van der Waals surface area contributed by atoms with Gasteiger partial charge in [0.15, 0.2) is 11.3 Å². The number of nitrogens with one attached hydrogen (secondary N) is 1. The minimum absolute atomic E-state index is 0.107. The van der Waals surface area contributed by atoms with Crippen LogP contribution in [-0.4, -0.2) is 49.2 Å². The number of methoxy groups -OCH3 is 1. The number of rotatable bonds is 10. The maximum atomic E-state index is 13.2. The molecule has 1 N–H and O–H groups in total. The normalized spacial score (nSPS) is 12.0. The summed E-state index contributed by atoms with van der Waals surface area (Å²) in [5, 5.41) is -0.549. The second-order valence-electron chi connectivity index (χ2n) is 11.9. The topological polar surface area (TPSA) is 120 Å². The first-order valence-electron chi connectivity index (χ1n) is 14.6. The summed E-state index contributed by atoms with van der Waals surface area (Å²) in [5.41, 5.74) is 5.11. The van der Waals surface area contributed by atoms with Crippen molar-refractivity contribution < 1.29 is 22.7 Å². The van der Waals surface area contributed by atoms with Gasteiger partial charge in [-0.3, -0.25) is 9.52 Å². The summed E-state index contributed by atoms with van der Waals surface area (Å²) in [4.78, 5) is 34.7. The fourth-order valence-corrected chi connectivity index (χ4v) is 9.18. The summed E-state index contributed by atoms with van der Waals surface area (Å²) in [7, 11) is -4.80. The van der Waals surface area contributed by atoms with Crippen molar-refractivity contribution in [1.82, 2.24) is 14.5 Å². The lowest BCUT2D eigenvalue weighted by Gasteiger charge is -2.12. The number of anilines is 1. The number of ether oxygens (including phenoxy) is 1. The Balaban J connectivity index is 1.50. The summed E-state index contributed by atoms with van der Waals surface area (Å²) < 4.78 is 37.0. The van der Waals surface area contributed by atoms with E-state index in [4.69, 9.17) is 9.72 Å². The summed E-state index contributed by atoms with van der Waals surface area (Å²) in [5.74, 6) is 0.381. The van der Waals surface area contributed by atoms with Crippen LogP contribution in [0.5, 0.6) is 0 Å². The van der Waals surface area contributed by atoms with Crippen molar-refractivity contribution in [3.05, 3.63) is 94.9 Å². The van der Waals surface area contributed by atoms with Crippen LogP contribution in [0.2, 0.25) is 19.6 Å². The van der Waals surface area contributed by atoms with Crippen molar-refractivity contribution in [1.29, 1.82) is 0 Å². The number of esters is 1. The van der Waals surface area contributed by atoms with Crippen LogP contribution >= 0.6 is 11.3 Å². The van der Waals surface area contributed by atoms with E-state index in [0.717, 1.165) is 50.9 Å². The molecule has 5 aromatic rings. The molecule has 0 saturated heterocycles. The first kappa shape index (κ1) is 32.3. The lowest BCUT2D eigenvalue weighted by atomic mass is 10.1. The van der Waals surface area contributed by atoms with Crippen molar-refractivity contribution >= 4 is 61.2 Å². The monoisotopic (exact) mass is 660 g/mol. The fourth-order valence-electron chi connectivity index (χ4n) is 5.00. The van der Waals surface area contributed by atoms with Crippen LogP contribution in [0, 0.1) is 6.92 Å². The van der Waals surface area contributed by atoms with Gasteiger partial charge >= 0.3 is 16.0 Å². The number of aryl methyl sites for hydroxylation is 2. The number of benzene rings is 2. The van der Waals surface area contributed by atoms with Gasteiger partial charge in [-0.2, -0.15) is 8.42 Å². The third-order valence-corrected chi connectivity index (χ3v) is 13.4. The molecule has 0 unspecified atom stereocenters. The van der Waals surface area contributed by atoms with Crippen molar-refractivity contribution in [2.24, 2.45) is 0 Å². The summed E-state index contributed by atoms with van der Waals surface area (Å²) in [6, 6.07) is 19.6. The first-order chi connectivity index (χ1) is 21.3. The van der Waals surface area contributed by atoms with E-state index in [1.165, 1.54) is 30.6 Å². The molecule has 2 aromatic carbocycles. The summed E-state index contributed by atoms with van der Waals surface area (Å²) in [6.45, 7) is 11.1. The molecule has 0 amide bonds. The molecular weight excluding hydrogens is 625 g/mol. The van der Waals surface area contributed by atoms with Gasteiger partial charge < -0.3 is 9.30 Å². The van der Waals surface area contributed by atoms with Crippen molar-refractivity contribution in [3.63, 3.8) is 0 Å². The smallest absolute Gasteiger partial charge is 0.356 e. The SMILES string of the molecule is CCCc1nc2c(C)cc(C(=O)OC)nc2n1Cc1ccc(-c2cc([Si](C)(C)C)sc2NS(=O)(=O)C(=O)c2ccccc2)cc1. The third-order valence-electron chi connectivity index (χ3n) is 7.40. The number of sulfonamides is 1. The highest BCUT2D eigenvalue weighted by Crippen LogP contribution is 2.35. The second kappa shape index (κ2) is 12.7. The Morgan fingerprint density at radius 1 is 1.00 bits per heavy atom. The second-order valence-corrected chi connectivity index (χ2v) is 19.9. The van der Waals surface area contributed by atoms with Crippen LogP contribution < -0.4 is 9.22 Å². The molecule has 234 valence electrons. The van der Waals surface area contributed by atoms with Crippen LogP contribution in [0.3, 0.4) is 0 Å². The van der Waals surface area contributed by atoms with Gasteiger partial charge in [0.25, 0.3) is 5.12 Å². The summed E-state index contributed by atoms with van der Waals surface area (Å²) >= 11 is 1.39. The van der Waals surface area contributed by atoms with Gasteiger partial charge in [0, 0.05) is 17.5 Å². The number of thiophene rings is 1. The average molecular weight is 661 g/mol. The number of hydrogen-bond acceptors (Lipinski definition) is 8. The Labute approximate surface area is 268 Å². The highest BCUT2D eigenvalue weighted by molar-refractivity contribution is 8.07. The average Bonchev–Trinajstić information content (AvgIpc) is 3.59. The number of hydrogen-bond donors (Lipinski definition) is 1. The fraction of sp³-hybridized carbons (Fsp3) is 0.273. The van der Waals surface area contributed by atoms with Gasteiger partial charge in [0.1, 0.15) is 16.3 Å². The molecule has 12 heteroatoms. The molecule has 0 atom stereocenters. The zero-order valence-electron chi connectivity index (χ0n) is 26.2. The van der Waals surface area contributed by atoms with Crippen molar-refractivity contribution in [2.45, 2.75) is 52.9 Å². The van der Waals surface area contributed by atoms with E-state index in [0.29, 0.717) is 17.2 Å². The first-order valence-corrected chi connectivity index (χ1v) is 20.4. The van der Waals surface area contributed by atoms with E-state index in [-0.39, 0.29) is 11.3 Å². The van der Waals surface area contributed by atoms with Crippen LogP contribution in [0.25, 0.3) is 22.3 Å². The lowest BCUT2D eigenvalue weighted by Crippen LogP contribution is -2.34. The van der Waals surface area contributed by atoms with E-state index in [1.54, 1.807) is 24.3 Å². The number of aromatic nitrogens is 3. The molecule has 0 fully saturated rings. The lowest BCUT2D eigenvalue weighted by molar-refractivity contribution is 0.0594. The zero-order chi connectivity index (χ0) is 32.5. The molecule has 45 heavy (non-hydrogen) atoms. The van der Waals surface area contributed by atoms with Gasteiger partial charge in [-0.05, 0) is 46.7 Å². The van der Waals surface area contributed by atoms with Crippen LogP contribution in [0.15, 0.2) is 66.7 Å². The number of carbonyl (C=O) groups excluding carboxylic acids is 2. The number of carbonyl (C=O) groups is 2. The molecule has 0 aliphatic heterocycles. The number of pyridine rings is 1. The molecule has 0 bridgehead atoms. The Hall–Kier alpha value is -4.13. The molecule has 3 aromatic heterocycles. The van der Waals surface area contributed by atoms with E-state index in [1.807, 2.05) is 41.8 Å². The Bertz CT molecular complexity index is 1990. The van der Waals surface area contributed by atoms with Crippen LogP contribution in [-0.2, 0) is 27.7 Å². The molecule has 9 nitrogen and oxygen atoms in total. The van der Waals surface area contributed by atoms with Crippen LogP contribution in [0.1, 0.15) is 51.1 Å². The number of fused-ring (bicyclic) bond motifs is 1. The van der Waals surface area contributed by atoms with E-state index < -0.39 is 29.2 Å². The quantitative estimate of drug-likeness (QED) is 0.136. The van der Waals surface area contributed by atoms with Gasteiger partial charge in [-0.15, -0.1) is 11.3 Å². The molecule has 0 aliphatic rings. The largest absolute Gasteiger partial charge is 0.464 e. The predicted octanol–water partition coefficient (Wildman–Crippen LogP) is 6.38. The van der Waals surface area contributed by atoms with Gasteiger partial charge in [-0.1, -0.05) is 81.2 Å². The molecule has 5 rings (SSSR count). The van der Waals surface area contributed by atoms with Gasteiger partial charge in [0.2, 0.25) is 0 Å². The number of imidazole rings is 1. The molecule has 0 spiro atoms. The van der Waals surface area contributed by atoms with Gasteiger partial charge in [-0.25, -0.2) is 14.8 Å². The molecule has 0 aliphatic carbocycles. The third kappa shape index (κ3) is 6.77. The predicted molar refractivity (Wildman–Crippen MR) is 183 cm³/mol. The standard InChI is InChI=1S/C33H36N4O5S2Si/c1-7-11-27-35-29-21(2)18-26(32(38)42-3)34-30(29)37(27)20-22-14-16-23(17-15-22)25-19-28(45(4,5)6)43-31(25)36-44(40,41)33(39)24-12-9-8-10-13-24/h8-10,12-19,36H,7,11,20H2,1-6H3. The Morgan fingerprint density at radius 3 is 2.31 bits per heavy atom. The minimum Gasteiger partial charge on any atom is -0.464 e. The minimum atomic E-state index is -4.33. The molecular formula is C33H36N4O5S2Si. The molecule has 0 radical (unpaired) electrons. The van der Waals surface area contributed by atoms with Crippen molar-refractivity contribution in [2.75, 3.05) is 11.8 Å². The molecule has 0 saturated carbocycles. The molecule has 3 heterocycles. The van der Waals surface area contributed by atoms with Crippen molar-refractivity contribution in [3.8, 4) is 11.1 Å². The Kier molecular flexibility index (Phi) is 9.11. The van der Waals surface area contributed by atoms with E-state index in [9.17, 15) is 18.0 Å². The highest BCUT2D eigenvalue weighted by Gasteiger charge is 2.28. The maximum Gasteiger partial charge on any atom is 0.356 e. The Morgan fingerprint density at radius 2 is 1.69 bits per heavy atom.